The van der Waals surface area contributed by atoms with Gasteiger partial charge < -0.3 is 15.0 Å². The number of methoxy groups -OCH3 is 1. The molecule has 2 aliphatic rings. The van der Waals surface area contributed by atoms with Gasteiger partial charge in [-0.2, -0.15) is 0 Å². The Morgan fingerprint density at radius 3 is 2.58 bits per heavy atom. The number of piperidine rings is 1. The third-order valence-electron chi connectivity index (χ3n) is 4.20. The van der Waals surface area contributed by atoms with Crippen molar-refractivity contribution in [1.82, 2.24) is 10.2 Å². The van der Waals surface area contributed by atoms with E-state index in [-0.39, 0.29) is 6.04 Å². The van der Waals surface area contributed by atoms with Crippen LogP contribution in [0.1, 0.15) is 19.3 Å². The second kappa shape index (κ2) is 7.02. The molecule has 0 aromatic carbocycles. The van der Waals surface area contributed by atoms with Crippen LogP contribution in [0, 0.1) is 5.92 Å². The summed E-state index contributed by atoms with van der Waals surface area (Å²) < 4.78 is 27.9. The first-order valence-corrected chi connectivity index (χ1v) is 9.06. The molecule has 2 heterocycles. The average Bonchev–Trinajstić information content (AvgIpc) is 2.72. The molecule has 2 rings (SSSR count). The van der Waals surface area contributed by atoms with E-state index >= 15 is 0 Å². The van der Waals surface area contributed by atoms with Crippen molar-refractivity contribution < 1.29 is 13.2 Å². The van der Waals surface area contributed by atoms with Crippen LogP contribution in [-0.2, 0) is 14.6 Å². The van der Waals surface area contributed by atoms with Gasteiger partial charge in [0, 0.05) is 32.8 Å². The van der Waals surface area contributed by atoms with Crippen molar-refractivity contribution in [2.45, 2.75) is 25.3 Å². The van der Waals surface area contributed by atoms with Gasteiger partial charge in [-0.15, -0.1) is 0 Å². The smallest absolute Gasteiger partial charge is 0.151 e. The minimum absolute atomic E-state index is 0.177. The van der Waals surface area contributed by atoms with E-state index in [0.717, 1.165) is 39.2 Å². The van der Waals surface area contributed by atoms with Crippen molar-refractivity contribution in [2.24, 2.45) is 5.92 Å². The molecule has 0 saturated carbocycles. The Morgan fingerprint density at radius 2 is 2.00 bits per heavy atom. The molecule has 0 bridgehead atoms. The van der Waals surface area contributed by atoms with Crippen LogP contribution in [0.3, 0.4) is 0 Å². The molecular weight excluding hydrogens is 264 g/mol. The zero-order chi connectivity index (χ0) is 13.7. The van der Waals surface area contributed by atoms with E-state index in [1.807, 2.05) is 0 Å². The Balaban J connectivity index is 1.57. The Kier molecular flexibility index (Phi) is 5.62. The second-order valence-corrected chi connectivity index (χ2v) is 8.02. The standard InChI is InChI=1S/C13H26N2O3S/c1-18-10-12-2-6-15(7-3-12)8-5-14-13-4-9-19(16,17)11-13/h12-14H,2-11H2,1H3. The van der Waals surface area contributed by atoms with Gasteiger partial charge >= 0.3 is 0 Å². The van der Waals surface area contributed by atoms with Gasteiger partial charge in [0.05, 0.1) is 11.5 Å². The first-order valence-electron chi connectivity index (χ1n) is 7.24. The molecule has 0 radical (unpaired) electrons. The van der Waals surface area contributed by atoms with Crippen LogP contribution in [0.15, 0.2) is 0 Å². The summed E-state index contributed by atoms with van der Waals surface area (Å²) >= 11 is 0. The van der Waals surface area contributed by atoms with Gasteiger partial charge in [-0.3, -0.25) is 0 Å². The van der Waals surface area contributed by atoms with Crippen LogP contribution in [-0.4, -0.2) is 70.8 Å². The maximum absolute atomic E-state index is 11.3. The largest absolute Gasteiger partial charge is 0.384 e. The van der Waals surface area contributed by atoms with Crippen LogP contribution >= 0.6 is 0 Å². The third-order valence-corrected chi connectivity index (χ3v) is 5.97. The van der Waals surface area contributed by atoms with Gasteiger partial charge in [0.1, 0.15) is 0 Å². The molecule has 0 aliphatic carbocycles. The van der Waals surface area contributed by atoms with E-state index in [4.69, 9.17) is 4.74 Å². The van der Waals surface area contributed by atoms with Crippen LogP contribution in [0.25, 0.3) is 0 Å². The number of ether oxygens (including phenoxy) is 1. The summed E-state index contributed by atoms with van der Waals surface area (Å²) in [5.41, 5.74) is 0. The lowest BCUT2D eigenvalue weighted by atomic mass is 9.98. The van der Waals surface area contributed by atoms with Crippen molar-refractivity contribution in [1.29, 1.82) is 0 Å². The molecule has 2 saturated heterocycles. The van der Waals surface area contributed by atoms with E-state index in [1.165, 1.54) is 12.8 Å². The lowest BCUT2D eigenvalue weighted by Crippen LogP contribution is -2.41. The van der Waals surface area contributed by atoms with Gasteiger partial charge in [0.15, 0.2) is 9.84 Å². The first kappa shape index (κ1) is 15.2. The number of rotatable bonds is 6. The molecule has 1 N–H and O–H groups in total. The molecule has 2 fully saturated rings. The van der Waals surface area contributed by atoms with E-state index in [9.17, 15) is 8.42 Å². The van der Waals surface area contributed by atoms with E-state index in [0.29, 0.717) is 17.4 Å². The van der Waals surface area contributed by atoms with E-state index < -0.39 is 9.84 Å². The monoisotopic (exact) mass is 290 g/mol. The van der Waals surface area contributed by atoms with E-state index in [2.05, 4.69) is 10.2 Å². The number of nitrogens with zero attached hydrogens (tertiary/aromatic N) is 1. The third kappa shape index (κ3) is 5.02. The molecule has 5 nitrogen and oxygen atoms in total. The Bertz CT molecular complexity index is 364. The minimum Gasteiger partial charge on any atom is -0.384 e. The normalized spacial score (nSPS) is 28.8. The lowest BCUT2D eigenvalue weighted by molar-refractivity contribution is 0.0996. The Morgan fingerprint density at radius 1 is 1.26 bits per heavy atom. The zero-order valence-electron chi connectivity index (χ0n) is 11.8. The van der Waals surface area contributed by atoms with Crippen molar-refractivity contribution in [3.63, 3.8) is 0 Å². The Hall–Kier alpha value is -0.170. The van der Waals surface area contributed by atoms with Gasteiger partial charge in [0.2, 0.25) is 0 Å². The summed E-state index contributed by atoms with van der Waals surface area (Å²) in [6.45, 7) is 5.08. The number of hydrogen-bond acceptors (Lipinski definition) is 5. The van der Waals surface area contributed by atoms with Crippen molar-refractivity contribution in [3.05, 3.63) is 0 Å². The molecule has 0 aromatic heterocycles. The number of nitrogens with one attached hydrogen (secondary N) is 1. The molecule has 1 unspecified atom stereocenters. The predicted molar refractivity (Wildman–Crippen MR) is 76.1 cm³/mol. The summed E-state index contributed by atoms with van der Waals surface area (Å²) in [4.78, 5) is 2.46. The first-order chi connectivity index (χ1) is 9.09. The predicted octanol–water partition coefficient (Wildman–Crippen LogP) is 0.122. The van der Waals surface area contributed by atoms with Crippen molar-refractivity contribution in [3.8, 4) is 0 Å². The lowest BCUT2D eigenvalue weighted by Gasteiger charge is -2.31. The van der Waals surface area contributed by atoms with Crippen LogP contribution in [0.5, 0.6) is 0 Å². The van der Waals surface area contributed by atoms with Crippen LogP contribution in [0.4, 0.5) is 0 Å². The van der Waals surface area contributed by atoms with Crippen LogP contribution in [0.2, 0.25) is 0 Å². The quantitative estimate of drug-likeness (QED) is 0.753. The fraction of sp³-hybridized carbons (Fsp3) is 1.00. The molecule has 0 amide bonds. The topological polar surface area (TPSA) is 58.6 Å². The summed E-state index contributed by atoms with van der Waals surface area (Å²) in [6.07, 6.45) is 3.20. The number of hydrogen-bond donors (Lipinski definition) is 1. The molecule has 2 aliphatic heterocycles. The molecule has 19 heavy (non-hydrogen) atoms. The highest BCUT2D eigenvalue weighted by Gasteiger charge is 2.27. The van der Waals surface area contributed by atoms with Crippen molar-refractivity contribution >= 4 is 9.84 Å². The Labute approximate surface area is 116 Å². The highest BCUT2D eigenvalue weighted by Crippen LogP contribution is 2.17. The molecule has 1 atom stereocenters. The summed E-state index contributed by atoms with van der Waals surface area (Å²) in [7, 11) is -0.985. The molecule has 112 valence electrons. The maximum Gasteiger partial charge on any atom is 0.151 e. The van der Waals surface area contributed by atoms with Crippen LogP contribution < -0.4 is 5.32 Å². The van der Waals surface area contributed by atoms with Crippen molar-refractivity contribution in [2.75, 3.05) is 51.4 Å². The number of sulfone groups is 1. The summed E-state index contributed by atoms with van der Waals surface area (Å²) in [6, 6.07) is 0.177. The van der Waals surface area contributed by atoms with Gasteiger partial charge in [-0.05, 0) is 38.3 Å². The molecule has 0 aromatic rings. The number of likely N-dealkylation sites (tertiary alicyclic amines) is 1. The highest BCUT2D eigenvalue weighted by molar-refractivity contribution is 7.91. The summed E-state index contributed by atoms with van der Waals surface area (Å²) in [5.74, 6) is 1.39. The summed E-state index contributed by atoms with van der Waals surface area (Å²) in [5, 5.41) is 3.38. The average molecular weight is 290 g/mol. The minimum atomic E-state index is -2.75. The highest BCUT2D eigenvalue weighted by atomic mass is 32.2. The van der Waals surface area contributed by atoms with E-state index in [1.54, 1.807) is 7.11 Å². The fourth-order valence-electron chi connectivity index (χ4n) is 3.00. The molecule has 6 heteroatoms. The van der Waals surface area contributed by atoms with Gasteiger partial charge in [-0.1, -0.05) is 0 Å². The maximum atomic E-state index is 11.3. The second-order valence-electron chi connectivity index (χ2n) is 5.79. The SMILES string of the molecule is COCC1CCN(CCNC2CCS(=O)(=O)C2)CC1. The fourth-order valence-corrected chi connectivity index (χ4v) is 4.70. The molecular formula is C13H26N2O3S. The van der Waals surface area contributed by atoms with Gasteiger partial charge in [-0.25, -0.2) is 8.42 Å². The zero-order valence-corrected chi connectivity index (χ0v) is 12.6. The molecule has 0 spiro atoms. The van der Waals surface area contributed by atoms with Gasteiger partial charge in [0.25, 0.3) is 0 Å².